The first-order valence-electron chi connectivity index (χ1n) is 5.16. The van der Waals surface area contributed by atoms with Crippen LogP contribution in [0.4, 0.5) is 5.69 Å². The van der Waals surface area contributed by atoms with Gasteiger partial charge in [-0.3, -0.25) is 0 Å². The van der Waals surface area contributed by atoms with Crippen LogP contribution >= 0.6 is 0 Å². The molecule has 0 saturated heterocycles. The van der Waals surface area contributed by atoms with Crippen LogP contribution in [0.25, 0.3) is 0 Å². The first-order valence-corrected chi connectivity index (χ1v) is 5.16. The molecule has 0 radical (unpaired) electrons. The Bertz CT molecular complexity index is 383. The second kappa shape index (κ2) is 3.93. The fourth-order valence-electron chi connectivity index (χ4n) is 1.52. The minimum Gasteiger partial charge on any atom is -0.465 e. The number of rotatable bonds is 3. The van der Waals surface area contributed by atoms with Crippen molar-refractivity contribution in [2.75, 3.05) is 12.4 Å². The first kappa shape index (κ1) is 10.0. The van der Waals surface area contributed by atoms with Crippen molar-refractivity contribution < 1.29 is 9.53 Å². The van der Waals surface area contributed by atoms with Crippen LogP contribution in [0.1, 0.15) is 28.8 Å². The third kappa shape index (κ3) is 2.29. The molecule has 1 aromatic carbocycles. The molecule has 0 bridgehead atoms. The van der Waals surface area contributed by atoms with E-state index in [4.69, 9.17) is 0 Å². The van der Waals surface area contributed by atoms with Crippen LogP contribution in [0.2, 0.25) is 0 Å². The summed E-state index contributed by atoms with van der Waals surface area (Å²) in [7, 11) is 1.40. The van der Waals surface area contributed by atoms with Crippen molar-refractivity contribution in [3.8, 4) is 0 Å². The fourth-order valence-corrected chi connectivity index (χ4v) is 1.52. The van der Waals surface area contributed by atoms with Gasteiger partial charge in [-0.15, -0.1) is 0 Å². The molecule has 0 amide bonds. The number of aryl methyl sites for hydroxylation is 1. The molecule has 0 atom stereocenters. The highest BCUT2D eigenvalue weighted by molar-refractivity contribution is 5.90. The molecular formula is C12H15NO2. The van der Waals surface area contributed by atoms with E-state index in [0.717, 1.165) is 11.3 Å². The minimum atomic E-state index is -0.281. The van der Waals surface area contributed by atoms with Crippen LogP contribution < -0.4 is 5.32 Å². The Labute approximate surface area is 89.4 Å². The summed E-state index contributed by atoms with van der Waals surface area (Å²) < 4.78 is 4.67. The summed E-state index contributed by atoms with van der Waals surface area (Å²) in [5.41, 5.74) is 2.81. The van der Waals surface area contributed by atoms with E-state index in [1.54, 1.807) is 6.07 Å². The standard InChI is InChI=1S/C12H15NO2/c1-8-7-9(12(14)15-2)3-6-11(8)13-10-4-5-10/h3,6-7,10,13H,4-5H2,1-2H3. The number of carbonyl (C=O) groups excluding carboxylic acids is 1. The molecule has 1 aliphatic carbocycles. The molecule has 0 spiro atoms. The molecule has 1 saturated carbocycles. The highest BCUT2D eigenvalue weighted by Crippen LogP contribution is 2.27. The first-order chi connectivity index (χ1) is 7.20. The number of ether oxygens (including phenoxy) is 1. The summed E-state index contributed by atoms with van der Waals surface area (Å²) in [6, 6.07) is 6.23. The van der Waals surface area contributed by atoms with E-state index in [-0.39, 0.29) is 5.97 Å². The Kier molecular flexibility index (Phi) is 2.62. The largest absolute Gasteiger partial charge is 0.465 e. The molecule has 2 rings (SSSR count). The van der Waals surface area contributed by atoms with E-state index in [1.807, 2.05) is 19.1 Å². The summed E-state index contributed by atoms with van der Waals surface area (Å²) in [5, 5.41) is 3.42. The van der Waals surface area contributed by atoms with Crippen LogP contribution in [0.3, 0.4) is 0 Å². The lowest BCUT2D eigenvalue weighted by atomic mass is 10.1. The molecular weight excluding hydrogens is 190 g/mol. The molecule has 1 aromatic rings. The van der Waals surface area contributed by atoms with Crippen molar-refractivity contribution in [2.24, 2.45) is 0 Å². The zero-order chi connectivity index (χ0) is 10.8. The Balaban J connectivity index is 2.17. The average Bonchev–Trinajstić information content (AvgIpc) is 3.04. The normalized spacial score (nSPS) is 14.8. The lowest BCUT2D eigenvalue weighted by molar-refractivity contribution is 0.0600. The lowest BCUT2D eigenvalue weighted by Crippen LogP contribution is -2.05. The number of hydrogen-bond donors (Lipinski definition) is 1. The van der Waals surface area contributed by atoms with Crippen molar-refractivity contribution >= 4 is 11.7 Å². The number of hydrogen-bond acceptors (Lipinski definition) is 3. The van der Waals surface area contributed by atoms with Crippen molar-refractivity contribution in [3.63, 3.8) is 0 Å². The van der Waals surface area contributed by atoms with Gasteiger partial charge in [0.25, 0.3) is 0 Å². The predicted molar refractivity (Wildman–Crippen MR) is 59.2 cm³/mol. The quantitative estimate of drug-likeness (QED) is 0.770. The van der Waals surface area contributed by atoms with Crippen molar-refractivity contribution in [2.45, 2.75) is 25.8 Å². The average molecular weight is 205 g/mol. The van der Waals surface area contributed by atoms with Crippen molar-refractivity contribution in [1.29, 1.82) is 0 Å². The van der Waals surface area contributed by atoms with Gasteiger partial charge in [0.2, 0.25) is 0 Å². The second-order valence-electron chi connectivity index (χ2n) is 3.94. The smallest absolute Gasteiger partial charge is 0.337 e. The maximum Gasteiger partial charge on any atom is 0.337 e. The zero-order valence-corrected chi connectivity index (χ0v) is 9.04. The SMILES string of the molecule is COC(=O)c1ccc(NC2CC2)c(C)c1. The molecule has 3 heteroatoms. The molecule has 0 unspecified atom stereocenters. The van der Waals surface area contributed by atoms with Crippen molar-refractivity contribution in [1.82, 2.24) is 0 Å². The predicted octanol–water partition coefficient (Wildman–Crippen LogP) is 2.36. The van der Waals surface area contributed by atoms with Crippen LogP contribution in [0.15, 0.2) is 18.2 Å². The molecule has 1 fully saturated rings. The highest BCUT2D eigenvalue weighted by atomic mass is 16.5. The third-order valence-electron chi connectivity index (χ3n) is 2.58. The second-order valence-corrected chi connectivity index (χ2v) is 3.94. The topological polar surface area (TPSA) is 38.3 Å². The summed E-state index contributed by atoms with van der Waals surface area (Å²) >= 11 is 0. The van der Waals surface area contributed by atoms with Gasteiger partial charge in [0, 0.05) is 11.7 Å². The van der Waals surface area contributed by atoms with Gasteiger partial charge in [-0.1, -0.05) is 0 Å². The van der Waals surface area contributed by atoms with Gasteiger partial charge in [-0.05, 0) is 43.5 Å². The molecule has 0 heterocycles. The Morgan fingerprint density at radius 1 is 1.47 bits per heavy atom. The monoisotopic (exact) mass is 205 g/mol. The molecule has 1 N–H and O–H groups in total. The molecule has 0 aliphatic heterocycles. The van der Waals surface area contributed by atoms with Gasteiger partial charge in [0.15, 0.2) is 0 Å². The Hall–Kier alpha value is -1.51. The zero-order valence-electron chi connectivity index (χ0n) is 9.04. The van der Waals surface area contributed by atoms with Crippen LogP contribution in [-0.2, 0) is 4.74 Å². The number of nitrogens with one attached hydrogen (secondary N) is 1. The number of esters is 1. The molecule has 15 heavy (non-hydrogen) atoms. The van der Waals surface area contributed by atoms with E-state index < -0.39 is 0 Å². The lowest BCUT2D eigenvalue weighted by Gasteiger charge is -2.09. The molecule has 3 nitrogen and oxygen atoms in total. The van der Waals surface area contributed by atoms with Crippen LogP contribution in [-0.4, -0.2) is 19.1 Å². The minimum absolute atomic E-state index is 0.281. The maximum atomic E-state index is 11.3. The summed E-state index contributed by atoms with van der Waals surface area (Å²) in [6.07, 6.45) is 2.50. The van der Waals surface area contributed by atoms with E-state index >= 15 is 0 Å². The van der Waals surface area contributed by atoms with Crippen LogP contribution in [0, 0.1) is 6.92 Å². The number of methoxy groups -OCH3 is 1. The number of carbonyl (C=O) groups is 1. The Morgan fingerprint density at radius 3 is 2.73 bits per heavy atom. The summed E-state index contributed by atoms with van der Waals surface area (Å²) in [6.45, 7) is 2.00. The Morgan fingerprint density at radius 2 is 2.20 bits per heavy atom. The van der Waals surface area contributed by atoms with Gasteiger partial charge < -0.3 is 10.1 Å². The third-order valence-corrected chi connectivity index (χ3v) is 2.58. The molecule has 0 aromatic heterocycles. The van der Waals surface area contributed by atoms with E-state index in [1.165, 1.54) is 20.0 Å². The van der Waals surface area contributed by atoms with E-state index in [2.05, 4.69) is 10.1 Å². The van der Waals surface area contributed by atoms with Crippen LogP contribution in [0.5, 0.6) is 0 Å². The number of benzene rings is 1. The van der Waals surface area contributed by atoms with Gasteiger partial charge in [0.05, 0.1) is 12.7 Å². The number of anilines is 1. The van der Waals surface area contributed by atoms with Gasteiger partial charge in [-0.2, -0.15) is 0 Å². The van der Waals surface area contributed by atoms with Gasteiger partial charge in [0.1, 0.15) is 0 Å². The summed E-state index contributed by atoms with van der Waals surface area (Å²) in [5.74, 6) is -0.281. The fraction of sp³-hybridized carbons (Fsp3) is 0.417. The highest BCUT2D eigenvalue weighted by Gasteiger charge is 2.21. The molecule has 80 valence electrons. The summed E-state index contributed by atoms with van der Waals surface area (Å²) in [4.78, 5) is 11.3. The van der Waals surface area contributed by atoms with Gasteiger partial charge >= 0.3 is 5.97 Å². The van der Waals surface area contributed by atoms with E-state index in [0.29, 0.717) is 11.6 Å². The maximum absolute atomic E-state index is 11.3. The van der Waals surface area contributed by atoms with E-state index in [9.17, 15) is 4.79 Å². The van der Waals surface area contributed by atoms with Gasteiger partial charge in [-0.25, -0.2) is 4.79 Å². The molecule has 1 aliphatic rings. The van der Waals surface area contributed by atoms with Crippen molar-refractivity contribution in [3.05, 3.63) is 29.3 Å².